The van der Waals surface area contributed by atoms with Gasteiger partial charge in [0.2, 0.25) is 0 Å². The highest BCUT2D eigenvalue weighted by Crippen LogP contribution is 2.67. The summed E-state index contributed by atoms with van der Waals surface area (Å²) in [6.45, 7) is 7.99. The van der Waals surface area contributed by atoms with Crippen LogP contribution in [-0.4, -0.2) is 30.9 Å². The molecule has 0 N–H and O–H groups in total. The molecule has 0 amide bonds. The average Bonchev–Trinajstić information content (AvgIpc) is 3.06. The molecule has 0 aromatic carbocycles. The van der Waals surface area contributed by atoms with E-state index >= 15 is 0 Å². The number of carbonyl (C=O) groups excluding carboxylic acids is 3. The van der Waals surface area contributed by atoms with E-state index in [1.807, 2.05) is 6.92 Å². The Morgan fingerprint density at radius 1 is 1.07 bits per heavy atom. The lowest BCUT2D eigenvalue weighted by atomic mass is 9.44. The highest BCUT2D eigenvalue weighted by Gasteiger charge is 2.64. The summed E-state index contributed by atoms with van der Waals surface area (Å²) in [6, 6.07) is 0. The van der Waals surface area contributed by atoms with Crippen molar-refractivity contribution in [2.24, 2.45) is 46.3 Å². The Morgan fingerprint density at radius 3 is 2.47 bits per heavy atom. The molecule has 4 fully saturated rings. The van der Waals surface area contributed by atoms with E-state index in [4.69, 9.17) is 9.47 Å². The average molecular weight is 419 g/mol. The number of hydrogen-bond acceptors (Lipinski definition) is 5. The molecule has 0 radical (unpaired) electrons. The van der Waals surface area contributed by atoms with Crippen molar-refractivity contribution in [3.05, 3.63) is 0 Å². The van der Waals surface area contributed by atoms with Crippen LogP contribution in [-0.2, 0) is 23.9 Å². The lowest BCUT2D eigenvalue weighted by molar-refractivity contribution is -0.168. The second-order valence-corrected chi connectivity index (χ2v) is 11.1. The van der Waals surface area contributed by atoms with Crippen LogP contribution in [0.5, 0.6) is 0 Å². The molecular weight excluding hydrogens is 380 g/mol. The third kappa shape index (κ3) is 3.14. The summed E-state index contributed by atoms with van der Waals surface area (Å²) in [5.74, 6) is 1.77. The van der Waals surface area contributed by atoms with Crippen molar-refractivity contribution in [1.29, 1.82) is 0 Å². The number of ether oxygens (including phenoxy) is 2. The summed E-state index contributed by atoms with van der Waals surface area (Å²) in [5, 5.41) is 0. The first-order chi connectivity index (χ1) is 14.1. The maximum Gasteiger partial charge on any atom is 0.308 e. The Morgan fingerprint density at radius 2 is 1.80 bits per heavy atom. The first kappa shape index (κ1) is 21.8. The van der Waals surface area contributed by atoms with Gasteiger partial charge in [-0.25, -0.2) is 0 Å². The van der Waals surface area contributed by atoms with E-state index in [1.54, 1.807) is 0 Å². The van der Waals surface area contributed by atoms with Gasteiger partial charge in [-0.15, -0.1) is 0 Å². The Balaban J connectivity index is 1.57. The molecule has 4 rings (SSSR count). The van der Waals surface area contributed by atoms with Gasteiger partial charge in [0, 0.05) is 18.8 Å². The number of Topliss-reactive ketones (excluding diaryl/α,β-unsaturated/α-hetero) is 1. The van der Waals surface area contributed by atoms with Crippen LogP contribution >= 0.6 is 0 Å². The van der Waals surface area contributed by atoms with Crippen molar-refractivity contribution in [2.45, 2.75) is 85.2 Å². The van der Waals surface area contributed by atoms with E-state index in [-0.39, 0.29) is 35.3 Å². The normalized spacial score (nSPS) is 46.2. The van der Waals surface area contributed by atoms with Gasteiger partial charge in [0.05, 0.1) is 13.0 Å². The van der Waals surface area contributed by atoms with Crippen LogP contribution in [0, 0.1) is 46.3 Å². The monoisotopic (exact) mass is 418 g/mol. The molecule has 4 aliphatic rings. The minimum absolute atomic E-state index is 0.0402. The number of hydrogen-bond donors (Lipinski definition) is 0. The molecule has 168 valence electrons. The molecule has 4 aliphatic carbocycles. The van der Waals surface area contributed by atoms with Gasteiger partial charge in [0.25, 0.3) is 0 Å². The first-order valence-corrected chi connectivity index (χ1v) is 11.9. The zero-order valence-electron chi connectivity index (χ0n) is 19.2. The molecule has 5 heteroatoms. The second-order valence-electron chi connectivity index (χ2n) is 11.1. The standard InChI is InChI=1S/C25H38O5/c1-14(23(28)29-5)19-8-9-20-18-7-6-16-12-17(30-15(2)26)10-11-24(16,3)21(18)13-22(27)25(19,20)4/h14,16-21H,6-13H2,1-5H3/t14-,16+,17+,18?,19?,20?,21?,24-,25+/m0/s1. The molecule has 0 spiro atoms. The van der Waals surface area contributed by atoms with Crippen LogP contribution < -0.4 is 0 Å². The summed E-state index contributed by atoms with van der Waals surface area (Å²) in [4.78, 5) is 37.4. The van der Waals surface area contributed by atoms with Gasteiger partial charge in [-0.05, 0) is 80.0 Å². The Bertz CT molecular complexity index is 731. The van der Waals surface area contributed by atoms with Gasteiger partial charge in [-0.2, -0.15) is 0 Å². The molecule has 9 atom stereocenters. The summed E-state index contributed by atoms with van der Waals surface area (Å²) in [7, 11) is 1.45. The largest absolute Gasteiger partial charge is 0.469 e. The summed E-state index contributed by atoms with van der Waals surface area (Å²) in [5.41, 5.74) is -0.241. The van der Waals surface area contributed by atoms with Crippen molar-refractivity contribution in [3.63, 3.8) is 0 Å². The van der Waals surface area contributed by atoms with Crippen LogP contribution in [0.25, 0.3) is 0 Å². The smallest absolute Gasteiger partial charge is 0.308 e. The molecule has 0 aliphatic heterocycles. The van der Waals surface area contributed by atoms with E-state index in [2.05, 4.69) is 13.8 Å². The maximum atomic E-state index is 13.7. The van der Waals surface area contributed by atoms with Crippen molar-refractivity contribution in [3.8, 4) is 0 Å². The lowest BCUT2D eigenvalue weighted by Gasteiger charge is -2.60. The minimum Gasteiger partial charge on any atom is -0.469 e. The van der Waals surface area contributed by atoms with Crippen LogP contribution in [0.1, 0.15) is 79.1 Å². The van der Waals surface area contributed by atoms with Crippen LogP contribution in [0.3, 0.4) is 0 Å². The molecule has 4 saturated carbocycles. The number of fused-ring (bicyclic) bond motifs is 5. The number of rotatable bonds is 3. The molecule has 30 heavy (non-hydrogen) atoms. The van der Waals surface area contributed by atoms with Crippen LogP contribution in [0.4, 0.5) is 0 Å². The van der Waals surface area contributed by atoms with Crippen molar-refractivity contribution < 1.29 is 23.9 Å². The van der Waals surface area contributed by atoms with Crippen molar-refractivity contribution in [1.82, 2.24) is 0 Å². The number of ketones is 1. The van der Waals surface area contributed by atoms with Crippen molar-refractivity contribution in [2.75, 3.05) is 7.11 Å². The Labute approximate surface area is 180 Å². The second kappa shape index (κ2) is 7.63. The van der Waals surface area contributed by atoms with E-state index in [9.17, 15) is 14.4 Å². The molecule has 5 nitrogen and oxygen atoms in total. The van der Waals surface area contributed by atoms with Crippen molar-refractivity contribution >= 4 is 17.7 Å². The van der Waals surface area contributed by atoms with E-state index in [0.29, 0.717) is 35.9 Å². The van der Waals surface area contributed by atoms with E-state index < -0.39 is 5.41 Å². The summed E-state index contributed by atoms with van der Waals surface area (Å²) in [6.07, 6.45) is 7.89. The zero-order chi connectivity index (χ0) is 21.8. The lowest BCUT2D eigenvalue weighted by Crippen LogP contribution is -2.57. The van der Waals surface area contributed by atoms with E-state index in [1.165, 1.54) is 14.0 Å². The Hall–Kier alpha value is -1.39. The third-order valence-electron chi connectivity index (χ3n) is 10.1. The quantitative estimate of drug-likeness (QED) is 0.628. The predicted octanol–water partition coefficient (Wildman–Crippen LogP) is 4.57. The minimum atomic E-state index is -0.396. The van der Waals surface area contributed by atoms with Gasteiger partial charge in [-0.1, -0.05) is 20.8 Å². The number of methoxy groups -OCH3 is 1. The van der Waals surface area contributed by atoms with Crippen LogP contribution in [0.15, 0.2) is 0 Å². The number of carbonyl (C=O) groups is 3. The fourth-order valence-corrected chi connectivity index (χ4v) is 8.45. The summed E-state index contributed by atoms with van der Waals surface area (Å²) < 4.78 is 10.6. The zero-order valence-corrected chi connectivity index (χ0v) is 19.2. The molecule has 0 saturated heterocycles. The van der Waals surface area contributed by atoms with Gasteiger partial charge in [0.1, 0.15) is 11.9 Å². The first-order valence-electron chi connectivity index (χ1n) is 11.9. The maximum absolute atomic E-state index is 13.7. The Kier molecular flexibility index (Phi) is 5.55. The molecule has 0 aromatic heterocycles. The summed E-state index contributed by atoms with van der Waals surface area (Å²) >= 11 is 0. The fourth-order valence-electron chi connectivity index (χ4n) is 8.45. The third-order valence-corrected chi connectivity index (χ3v) is 10.1. The topological polar surface area (TPSA) is 69.7 Å². The molecule has 0 aromatic rings. The highest BCUT2D eigenvalue weighted by atomic mass is 16.5. The predicted molar refractivity (Wildman–Crippen MR) is 112 cm³/mol. The fraction of sp³-hybridized carbons (Fsp3) is 0.880. The van der Waals surface area contributed by atoms with Gasteiger partial charge >= 0.3 is 11.9 Å². The molecular formula is C25H38O5. The molecule has 0 heterocycles. The van der Waals surface area contributed by atoms with Gasteiger partial charge < -0.3 is 9.47 Å². The van der Waals surface area contributed by atoms with Gasteiger partial charge in [0.15, 0.2) is 0 Å². The molecule has 0 bridgehead atoms. The highest BCUT2D eigenvalue weighted by molar-refractivity contribution is 5.88. The van der Waals surface area contributed by atoms with E-state index in [0.717, 1.165) is 44.9 Å². The van der Waals surface area contributed by atoms with Gasteiger partial charge in [-0.3, -0.25) is 14.4 Å². The number of esters is 2. The molecule has 4 unspecified atom stereocenters. The SMILES string of the molecule is COC(=O)[C@@H](C)C1CCC2C3CC[C@@H]4C[C@H](OC(C)=O)CC[C@]4(C)C3CC(=O)[C@@]21C. The van der Waals surface area contributed by atoms with Crippen LogP contribution in [0.2, 0.25) is 0 Å².